The number of carbonyl (C=O) groups is 2. The minimum Gasteiger partial charge on any atom is -0.384 e. The molecule has 2 aromatic rings. The Kier molecular flexibility index (Phi) is 4.31. The molecule has 3 heterocycles. The number of sulfonamides is 1. The number of nitrogens with one attached hydrogen (secondary N) is 1. The van der Waals surface area contributed by atoms with Crippen molar-refractivity contribution < 1.29 is 18.0 Å². The predicted octanol–water partition coefficient (Wildman–Crippen LogP) is 0.229. The molecule has 146 valence electrons. The van der Waals surface area contributed by atoms with Crippen LogP contribution in [0.1, 0.15) is 39.1 Å². The Hall–Kier alpha value is -2.98. The molecule has 28 heavy (non-hydrogen) atoms. The van der Waals surface area contributed by atoms with E-state index in [2.05, 4.69) is 5.32 Å². The van der Waals surface area contributed by atoms with Gasteiger partial charge in [0.2, 0.25) is 10.0 Å². The molecule has 0 bridgehead atoms. The number of anilines is 1. The van der Waals surface area contributed by atoms with E-state index in [1.165, 1.54) is 4.31 Å². The van der Waals surface area contributed by atoms with Crippen LogP contribution >= 0.6 is 0 Å². The number of nitrogens with two attached hydrogens (primary N) is 1. The van der Waals surface area contributed by atoms with Gasteiger partial charge in [-0.3, -0.25) is 24.3 Å². The fourth-order valence-electron chi connectivity index (χ4n) is 3.56. The number of rotatable bonds is 4. The number of hydrogen-bond donors (Lipinski definition) is 2. The van der Waals surface area contributed by atoms with Crippen molar-refractivity contribution >= 4 is 27.7 Å². The maximum Gasteiger partial charge on any atom is 0.262 e. The number of benzene rings is 1. The van der Waals surface area contributed by atoms with Gasteiger partial charge in [-0.15, -0.1) is 0 Å². The Balaban J connectivity index is 1.67. The minimum atomic E-state index is -3.38. The van der Waals surface area contributed by atoms with E-state index in [1.807, 2.05) is 0 Å². The summed E-state index contributed by atoms with van der Waals surface area (Å²) >= 11 is 0. The van der Waals surface area contributed by atoms with Gasteiger partial charge in [-0.1, -0.05) is 12.1 Å². The van der Waals surface area contributed by atoms with Crippen molar-refractivity contribution in [1.82, 2.24) is 14.2 Å². The second kappa shape index (κ2) is 6.57. The Morgan fingerprint density at radius 3 is 2.29 bits per heavy atom. The average Bonchev–Trinajstić information content (AvgIpc) is 3.26. The molecule has 2 aliphatic rings. The van der Waals surface area contributed by atoms with Gasteiger partial charge in [0.15, 0.2) is 0 Å². The van der Waals surface area contributed by atoms with Crippen LogP contribution in [0.4, 0.5) is 5.82 Å². The number of imide groups is 1. The molecule has 1 fully saturated rings. The first-order valence-corrected chi connectivity index (χ1v) is 10.4. The van der Waals surface area contributed by atoms with Crippen LogP contribution in [0.3, 0.4) is 0 Å². The second-order valence-corrected chi connectivity index (χ2v) is 8.77. The van der Waals surface area contributed by atoms with Crippen molar-refractivity contribution in [1.29, 1.82) is 0 Å². The number of amides is 2. The summed E-state index contributed by atoms with van der Waals surface area (Å²) in [5.41, 5.74) is 6.31. The van der Waals surface area contributed by atoms with Crippen molar-refractivity contribution in [2.45, 2.75) is 18.6 Å². The van der Waals surface area contributed by atoms with Crippen LogP contribution in [0.5, 0.6) is 0 Å². The predicted molar refractivity (Wildman–Crippen MR) is 102 cm³/mol. The Morgan fingerprint density at radius 2 is 1.64 bits per heavy atom. The number of fused-ring (bicyclic) bond motifs is 1. The molecular formula is C18H18N4O5S. The molecule has 2 amide bonds. The number of nitrogen functional groups attached to an aromatic ring is 1. The van der Waals surface area contributed by atoms with Crippen LogP contribution in [0, 0.1) is 0 Å². The molecule has 2 aliphatic heterocycles. The minimum absolute atomic E-state index is 0.0368. The summed E-state index contributed by atoms with van der Waals surface area (Å²) in [6, 6.07) is 7.40. The van der Waals surface area contributed by atoms with Crippen LogP contribution in [0.15, 0.2) is 35.1 Å². The quantitative estimate of drug-likeness (QED) is 0.704. The normalized spacial score (nSPS) is 17.0. The molecular weight excluding hydrogens is 384 g/mol. The smallest absolute Gasteiger partial charge is 0.262 e. The Bertz CT molecular complexity index is 1150. The highest BCUT2D eigenvalue weighted by Crippen LogP contribution is 2.23. The van der Waals surface area contributed by atoms with E-state index in [0.29, 0.717) is 24.3 Å². The molecule has 1 saturated heterocycles. The lowest BCUT2D eigenvalue weighted by Gasteiger charge is -2.16. The third-order valence-corrected chi connectivity index (χ3v) is 6.81. The van der Waals surface area contributed by atoms with E-state index in [0.717, 1.165) is 23.5 Å². The summed E-state index contributed by atoms with van der Waals surface area (Å²) in [6.45, 7) is 1.09. The van der Waals surface area contributed by atoms with E-state index in [4.69, 9.17) is 5.73 Å². The van der Waals surface area contributed by atoms with Crippen LogP contribution in [-0.4, -0.2) is 42.2 Å². The van der Waals surface area contributed by atoms with Crippen LogP contribution in [-0.2, 0) is 15.8 Å². The van der Waals surface area contributed by atoms with Gasteiger partial charge in [0.1, 0.15) is 5.82 Å². The summed E-state index contributed by atoms with van der Waals surface area (Å²) in [5.74, 6) is -1.57. The van der Waals surface area contributed by atoms with E-state index >= 15 is 0 Å². The standard InChI is InChI=1S/C18H18N4O5S/c19-16-15-13(17(24)20-18(15)25)9-14(23)22(16)12-5-3-11(4-6-12)10-28(26,27)21-7-1-2-8-21/h3-6,9H,1-2,7-8,10,19H2,(H,20,24,25). The fourth-order valence-corrected chi connectivity index (χ4v) is 5.17. The first kappa shape index (κ1) is 18.4. The van der Waals surface area contributed by atoms with Gasteiger partial charge in [-0.05, 0) is 30.5 Å². The topological polar surface area (TPSA) is 132 Å². The molecule has 1 aromatic carbocycles. The van der Waals surface area contributed by atoms with Crippen molar-refractivity contribution in [3.63, 3.8) is 0 Å². The molecule has 3 N–H and O–H groups in total. The third-order valence-electron chi connectivity index (χ3n) is 4.96. The highest BCUT2D eigenvalue weighted by Gasteiger charge is 2.32. The van der Waals surface area contributed by atoms with E-state index < -0.39 is 27.4 Å². The zero-order chi connectivity index (χ0) is 20.1. The highest BCUT2D eigenvalue weighted by atomic mass is 32.2. The molecule has 0 atom stereocenters. The number of pyridine rings is 1. The average molecular weight is 402 g/mol. The molecule has 1 aromatic heterocycles. The number of nitrogens with zero attached hydrogens (tertiary/aromatic N) is 2. The van der Waals surface area contributed by atoms with Gasteiger partial charge < -0.3 is 5.73 Å². The zero-order valence-corrected chi connectivity index (χ0v) is 15.7. The SMILES string of the molecule is Nc1c2c(cc(=O)n1-c1ccc(CS(=O)(=O)N3CCCC3)cc1)C(=O)NC2=O. The van der Waals surface area contributed by atoms with Crippen LogP contribution in [0.2, 0.25) is 0 Å². The van der Waals surface area contributed by atoms with Crippen LogP contribution < -0.4 is 16.6 Å². The van der Waals surface area contributed by atoms with Gasteiger partial charge in [-0.2, -0.15) is 0 Å². The van der Waals surface area contributed by atoms with Crippen molar-refractivity contribution in [3.05, 3.63) is 57.4 Å². The maximum absolute atomic E-state index is 12.4. The molecule has 4 rings (SSSR count). The largest absolute Gasteiger partial charge is 0.384 e. The molecule has 0 aliphatic carbocycles. The number of carbonyl (C=O) groups excluding carboxylic acids is 2. The molecule has 0 radical (unpaired) electrons. The van der Waals surface area contributed by atoms with Gasteiger partial charge in [0.05, 0.1) is 22.6 Å². The van der Waals surface area contributed by atoms with Crippen molar-refractivity contribution in [2.24, 2.45) is 0 Å². The van der Waals surface area contributed by atoms with E-state index in [9.17, 15) is 22.8 Å². The summed E-state index contributed by atoms with van der Waals surface area (Å²) in [7, 11) is -3.38. The first-order chi connectivity index (χ1) is 13.3. The second-order valence-electron chi connectivity index (χ2n) is 6.80. The molecule has 10 heteroatoms. The van der Waals surface area contributed by atoms with E-state index in [-0.39, 0.29) is 22.7 Å². The maximum atomic E-state index is 12.4. The molecule has 0 saturated carbocycles. The lowest BCUT2D eigenvalue weighted by atomic mass is 10.1. The van der Waals surface area contributed by atoms with Gasteiger partial charge in [-0.25, -0.2) is 12.7 Å². The molecule has 9 nitrogen and oxygen atoms in total. The van der Waals surface area contributed by atoms with E-state index in [1.54, 1.807) is 24.3 Å². The van der Waals surface area contributed by atoms with Crippen molar-refractivity contribution in [3.8, 4) is 5.69 Å². The van der Waals surface area contributed by atoms with Gasteiger partial charge in [0, 0.05) is 19.2 Å². The van der Waals surface area contributed by atoms with Gasteiger partial charge >= 0.3 is 0 Å². The Labute approximate surface area is 160 Å². The summed E-state index contributed by atoms with van der Waals surface area (Å²) in [5, 5.41) is 2.11. The molecule has 0 unspecified atom stereocenters. The number of aromatic nitrogens is 1. The zero-order valence-electron chi connectivity index (χ0n) is 14.8. The fraction of sp³-hybridized carbons (Fsp3) is 0.278. The number of hydrogen-bond acceptors (Lipinski definition) is 6. The third kappa shape index (κ3) is 3.00. The summed E-state index contributed by atoms with van der Waals surface area (Å²) in [4.78, 5) is 36.1. The Morgan fingerprint density at radius 1 is 1.00 bits per heavy atom. The lowest BCUT2D eigenvalue weighted by Crippen LogP contribution is -2.29. The van der Waals surface area contributed by atoms with Crippen molar-refractivity contribution in [2.75, 3.05) is 18.8 Å². The first-order valence-electron chi connectivity index (χ1n) is 8.76. The lowest BCUT2D eigenvalue weighted by molar-refractivity contribution is 0.0880. The molecule has 0 spiro atoms. The van der Waals surface area contributed by atoms with Gasteiger partial charge in [0.25, 0.3) is 17.4 Å². The van der Waals surface area contributed by atoms with Crippen LogP contribution in [0.25, 0.3) is 5.69 Å². The summed E-state index contributed by atoms with van der Waals surface area (Å²) < 4.78 is 27.5. The highest BCUT2D eigenvalue weighted by molar-refractivity contribution is 7.88. The summed E-state index contributed by atoms with van der Waals surface area (Å²) in [6.07, 6.45) is 1.74. The monoisotopic (exact) mass is 402 g/mol.